The van der Waals surface area contributed by atoms with Gasteiger partial charge in [-0.25, -0.2) is 4.99 Å². The number of hydrogen-bond donors (Lipinski definition) is 0. The van der Waals surface area contributed by atoms with Gasteiger partial charge in [-0.15, -0.1) is 11.8 Å². The van der Waals surface area contributed by atoms with Crippen LogP contribution in [0.3, 0.4) is 0 Å². The maximum atomic E-state index is 12.8. The molecule has 3 nitrogen and oxygen atoms in total. The third-order valence-corrected chi connectivity index (χ3v) is 7.07. The third-order valence-electron chi connectivity index (χ3n) is 5.93. The molecule has 1 unspecified atom stereocenters. The van der Waals surface area contributed by atoms with Crippen molar-refractivity contribution in [1.29, 1.82) is 5.26 Å². The molecule has 0 aromatic heterocycles. The number of rotatable bonds is 7. The minimum Gasteiger partial charge on any atom is -0.294 e. The molecule has 4 heteroatoms. The molecule has 154 valence electrons. The molecule has 1 heterocycles. The zero-order valence-electron chi connectivity index (χ0n) is 17.9. The second kappa shape index (κ2) is 10.3. The van der Waals surface area contributed by atoms with Crippen molar-refractivity contribution < 1.29 is 4.79 Å². The number of unbranched alkanes of at least 4 members (excludes halogenated alkanes) is 3. The highest BCUT2D eigenvalue weighted by Gasteiger charge is 2.40. The second-order valence-corrected chi connectivity index (χ2v) is 9.52. The summed E-state index contributed by atoms with van der Waals surface area (Å²) in [6, 6.07) is 11.0. The number of thioether (sulfide) groups is 1. The van der Waals surface area contributed by atoms with Crippen molar-refractivity contribution in [3.05, 3.63) is 46.7 Å². The predicted octanol–water partition coefficient (Wildman–Crippen LogP) is 6.77. The first kappa shape index (κ1) is 21.8. The van der Waals surface area contributed by atoms with Gasteiger partial charge < -0.3 is 0 Å². The van der Waals surface area contributed by atoms with Crippen LogP contribution in [0.25, 0.3) is 0 Å². The number of ketones is 1. The minimum atomic E-state index is -0.364. The van der Waals surface area contributed by atoms with Crippen LogP contribution in [0.15, 0.2) is 40.5 Å². The van der Waals surface area contributed by atoms with Gasteiger partial charge in [0.25, 0.3) is 0 Å². The summed E-state index contributed by atoms with van der Waals surface area (Å²) in [7, 11) is 0. The van der Waals surface area contributed by atoms with Crippen molar-refractivity contribution >= 4 is 22.6 Å². The number of carbonyl (C=O) groups excluding carboxylic acids is 1. The van der Waals surface area contributed by atoms with E-state index in [-0.39, 0.29) is 17.6 Å². The summed E-state index contributed by atoms with van der Waals surface area (Å²) in [5, 5.41) is 11.0. The van der Waals surface area contributed by atoms with Gasteiger partial charge in [0.2, 0.25) is 0 Å². The molecule has 0 radical (unpaired) electrons. The number of Topliss-reactive ketones (excluding diaryl/α,β-unsaturated/α-hetero) is 1. The largest absolute Gasteiger partial charge is 0.294 e. The zero-order valence-corrected chi connectivity index (χ0v) is 18.7. The van der Waals surface area contributed by atoms with Crippen molar-refractivity contribution in [2.45, 2.75) is 77.6 Å². The van der Waals surface area contributed by atoms with Crippen LogP contribution in [-0.2, 0) is 4.79 Å². The van der Waals surface area contributed by atoms with E-state index in [2.05, 4.69) is 51.1 Å². The molecule has 0 N–H and O–H groups in total. The summed E-state index contributed by atoms with van der Waals surface area (Å²) < 4.78 is 0. The van der Waals surface area contributed by atoms with Crippen LogP contribution in [0.1, 0.15) is 88.7 Å². The molecule has 0 bridgehead atoms. The molecule has 1 aromatic carbocycles. The smallest absolute Gasteiger partial charge is 0.161 e. The topological polar surface area (TPSA) is 53.2 Å². The Hall–Kier alpha value is -1.86. The molecule has 1 aromatic rings. The number of nitrogens with zero attached hydrogens (tertiary/aromatic N) is 2. The molecule has 0 fully saturated rings. The molecule has 1 aliphatic heterocycles. The van der Waals surface area contributed by atoms with Crippen LogP contribution >= 0.6 is 11.8 Å². The Morgan fingerprint density at radius 3 is 2.59 bits per heavy atom. The number of aliphatic imine (C=N–C) groups is 1. The maximum Gasteiger partial charge on any atom is 0.161 e. The lowest BCUT2D eigenvalue weighted by atomic mass is 9.74. The molecular formula is C25H32N2OS. The number of nitriles is 1. The van der Waals surface area contributed by atoms with E-state index in [1.165, 1.54) is 24.8 Å². The third kappa shape index (κ3) is 5.01. The van der Waals surface area contributed by atoms with Crippen LogP contribution in [0.5, 0.6) is 0 Å². The van der Waals surface area contributed by atoms with Gasteiger partial charge in [-0.1, -0.05) is 64.3 Å². The van der Waals surface area contributed by atoms with E-state index in [0.29, 0.717) is 12.3 Å². The zero-order chi connectivity index (χ0) is 20.8. The number of allylic oxidation sites excluding steroid dienone is 2. The van der Waals surface area contributed by atoms with E-state index in [0.717, 1.165) is 46.9 Å². The van der Waals surface area contributed by atoms with Crippen molar-refractivity contribution in [3.8, 4) is 6.07 Å². The van der Waals surface area contributed by atoms with Crippen molar-refractivity contribution in [3.63, 3.8) is 0 Å². The minimum absolute atomic E-state index is 0.181. The summed E-state index contributed by atoms with van der Waals surface area (Å²) in [6.45, 7) is 6.57. The monoisotopic (exact) mass is 408 g/mol. The quantitative estimate of drug-likeness (QED) is 0.468. The summed E-state index contributed by atoms with van der Waals surface area (Å²) in [5.41, 5.74) is 4.08. The molecule has 2 aliphatic rings. The maximum absolute atomic E-state index is 12.8. The van der Waals surface area contributed by atoms with Gasteiger partial charge in [0, 0.05) is 23.6 Å². The Kier molecular flexibility index (Phi) is 7.72. The summed E-state index contributed by atoms with van der Waals surface area (Å²) in [6.07, 6.45) is 7.13. The Morgan fingerprint density at radius 1 is 1.17 bits per heavy atom. The van der Waals surface area contributed by atoms with Gasteiger partial charge >= 0.3 is 0 Å². The first-order chi connectivity index (χ1) is 14.1. The van der Waals surface area contributed by atoms with Gasteiger partial charge in [0.1, 0.15) is 5.92 Å². The molecule has 0 saturated heterocycles. The lowest BCUT2D eigenvalue weighted by Crippen LogP contribution is -2.30. The predicted molar refractivity (Wildman–Crippen MR) is 122 cm³/mol. The highest BCUT2D eigenvalue weighted by Crippen LogP contribution is 2.45. The Bertz CT molecular complexity index is 829. The lowest BCUT2D eigenvalue weighted by Gasteiger charge is -2.33. The first-order valence-electron chi connectivity index (χ1n) is 11.0. The second-order valence-electron chi connectivity index (χ2n) is 8.40. The highest BCUT2D eigenvalue weighted by molar-refractivity contribution is 8.14. The highest BCUT2D eigenvalue weighted by atomic mass is 32.2. The number of benzene rings is 1. The van der Waals surface area contributed by atoms with Crippen LogP contribution in [0, 0.1) is 17.2 Å². The molecule has 0 spiro atoms. The SMILES string of the molecule is CCCCCCSC1=NC2=C(C(=O)CCC2)[C@H](c2ccc(C(C)C)cc2)C1C#N. The fourth-order valence-electron chi connectivity index (χ4n) is 4.23. The summed E-state index contributed by atoms with van der Waals surface area (Å²) in [4.78, 5) is 17.7. The van der Waals surface area contributed by atoms with Gasteiger partial charge in [-0.3, -0.25) is 4.79 Å². The molecule has 3 rings (SSSR count). The van der Waals surface area contributed by atoms with Gasteiger partial charge in [-0.2, -0.15) is 5.26 Å². The molecule has 2 atom stereocenters. The molecule has 29 heavy (non-hydrogen) atoms. The van der Waals surface area contributed by atoms with E-state index in [1.54, 1.807) is 11.8 Å². The first-order valence-corrected chi connectivity index (χ1v) is 12.0. The average Bonchev–Trinajstić information content (AvgIpc) is 2.73. The van der Waals surface area contributed by atoms with E-state index in [1.807, 2.05) is 0 Å². The summed E-state index contributed by atoms with van der Waals surface area (Å²) in [5.74, 6) is 1.09. The van der Waals surface area contributed by atoms with Gasteiger partial charge in [0.05, 0.1) is 11.1 Å². The number of carbonyl (C=O) groups is 1. The standard InChI is InChI=1S/C25H32N2OS/c1-4-5-6-7-15-29-25-20(16-26)23(19-13-11-18(12-14-19)17(2)3)24-21(27-25)9-8-10-22(24)28/h11-14,17,20,23H,4-10,15H2,1-3H3/t20?,23-/m1/s1. The van der Waals surface area contributed by atoms with Crippen LogP contribution in [-0.4, -0.2) is 16.6 Å². The Labute approximate surface area is 179 Å². The van der Waals surface area contributed by atoms with Crippen LogP contribution < -0.4 is 0 Å². The van der Waals surface area contributed by atoms with Gasteiger partial charge in [0.15, 0.2) is 5.78 Å². The van der Waals surface area contributed by atoms with E-state index in [4.69, 9.17) is 4.99 Å². The van der Waals surface area contributed by atoms with E-state index >= 15 is 0 Å². The fourth-order valence-corrected chi connectivity index (χ4v) is 5.33. The van der Waals surface area contributed by atoms with Crippen LogP contribution in [0.2, 0.25) is 0 Å². The molecule has 0 amide bonds. The average molecular weight is 409 g/mol. The molecule has 1 aliphatic carbocycles. The lowest BCUT2D eigenvalue weighted by molar-refractivity contribution is -0.116. The van der Waals surface area contributed by atoms with E-state index < -0.39 is 0 Å². The fraction of sp³-hybridized carbons (Fsp3) is 0.560. The van der Waals surface area contributed by atoms with Crippen molar-refractivity contribution in [2.24, 2.45) is 10.9 Å². The van der Waals surface area contributed by atoms with Gasteiger partial charge in [-0.05, 0) is 42.1 Å². The number of hydrogen-bond acceptors (Lipinski definition) is 4. The van der Waals surface area contributed by atoms with Crippen LogP contribution in [0.4, 0.5) is 0 Å². The Balaban J connectivity index is 1.92. The molecule has 0 saturated carbocycles. The van der Waals surface area contributed by atoms with Crippen molar-refractivity contribution in [2.75, 3.05) is 5.75 Å². The Morgan fingerprint density at radius 2 is 1.93 bits per heavy atom. The van der Waals surface area contributed by atoms with Crippen molar-refractivity contribution in [1.82, 2.24) is 0 Å². The molecular weight excluding hydrogens is 376 g/mol. The normalized spacial score (nSPS) is 21.8. The van der Waals surface area contributed by atoms with E-state index in [9.17, 15) is 10.1 Å². The summed E-state index contributed by atoms with van der Waals surface area (Å²) >= 11 is 1.73.